The molecule has 0 bridgehead atoms. The van der Waals surface area contributed by atoms with E-state index in [4.69, 9.17) is 5.73 Å². The lowest BCUT2D eigenvalue weighted by molar-refractivity contribution is 0.156. The Hall–Kier alpha value is -0.860. The zero-order valence-electron chi connectivity index (χ0n) is 11.4. The number of hydrogen-bond donors (Lipinski definition) is 1. The van der Waals surface area contributed by atoms with Gasteiger partial charge in [0.2, 0.25) is 0 Å². The van der Waals surface area contributed by atoms with Crippen LogP contribution in [0.25, 0.3) is 0 Å². The average Bonchev–Trinajstić information content (AvgIpc) is 2.34. The molecule has 0 aliphatic carbocycles. The molecule has 0 spiro atoms. The molecule has 0 heterocycles. The van der Waals surface area contributed by atoms with Crippen LogP contribution < -0.4 is 5.73 Å². The van der Waals surface area contributed by atoms with Crippen molar-refractivity contribution >= 4 is 0 Å². The van der Waals surface area contributed by atoms with E-state index in [1.165, 1.54) is 12.0 Å². The predicted octanol–water partition coefficient (Wildman–Crippen LogP) is 2.68. The average molecular weight is 234 g/mol. The third-order valence-electron chi connectivity index (χ3n) is 3.20. The van der Waals surface area contributed by atoms with E-state index in [1.54, 1.807) is 0 Å². The molecule has 0 saturated carbocycles. The zero-order valence-corrected chi connectivity index (χ0v) is 11.4. The lowest BCUT2D eigenvalue weighted by Gasteiger charge is -2.34. The first-order valence-corrected chi connectivity index (χ1v) is 6.68. The molecule has 0 aliphatic rings. The molecule has 0 aliphatic heterocycles. The van der Waals surface area contributed by atoms with Crippen LogP contribution in [0, 0.1) is 0 Å². The molecule has 0 radical (unpaired) electrons. The topological polar surface area (TPSA) is 29.3 Å². The van der Waals surface area contributed by atoms with Crippen molar-refractivity contribution in [3.8, 4) is 0 Å². The summed E-state index contributed by atoms with van der Waals surface area (Å²) in [7, 11) is 0. The van der Waals surface area contributed by atoms with Crippen molar-refractivity contribution < 1.29 is 0 Å². The van der Waals surface area contributed by atoms with Crippen molar-refractivity contribution in [1.29, 1.82) is 0 Å². The first-order valence-electron chi connectivity index (χ1n) is 6.68. The fourth-order valence-corrected chi connectivity index (χ4v) is 2.34. The quantitative estimate of drug-likeness (QED) is 0.786. The van der Waals surface area contributed by atoms with E-state index in [0.29, 0.717) is 12.1 Å². The van der Waals surface area contributed by atoms with Gasteiger partial charge in [0.15, 0.2) is 0 Å². The van der Waals surface area contributed by atoms with Crippen molar-refractivity contribution in [2.45, 2.75) is 45.7 Å². The molecule has 0 amide bonds. The minimum atomic E-state index is 0.456. The molecule has 0 saturated heterocycles. The summed E-state index contributed by atoms with van der Waals surface area (Å²) >= 11 is 0. The molecule has 1 aromatic carbocycles. The van der Waals surface area contributed by atoms with Gasteiger partial charge in [0.1, 0.15) is 0 Å². The number of nitrogens with two attached hydrogens (primary N) is 1. The van der Waals surface area contributed by atoms with Gasteiger partial charge in [-0.05, 0) is 38.8 Å². The molecule has 2 heteroatoms. The van der Waals surface area contributed by atoms with Gasteiger partial charge >= 0.3 is 0 Å². The Morgan fingerprint density at radius 2 is 1.82 bits per heavy atom. The summed E-state index contributed by atoms with van der Waals surface area (Å²) in [5.41, 5.74) is 7.33. The second-order valence-electron chi connectivity index (χ2n) is 4.91. The van der Waals surface area contributed by atoms with E-state index in [9.17, 15) is 0 Å². The lowest BCUT2D eigenvalue weighted by atomic mass is 10.0. The number of nitrogens with zero attached hydrogens (tertiary/aromatic N) is 1. The second kappa shape index (κ2) is 7.46. The number of benzene rings is 1. The fourth-order valence-electron chi connectivity index (χ4n) is 2.34. The van der Waals surface area contributed by atoms with Crippen LogP contribution in [0.15, 0.2) is 30.3 Å². The van der Waals surface area contributed by atoms with Gasteiger partial charge in [-0.1, -0.05) is 37.3 Å². The Morgan fingerprint density at radius 3 is 2.29 bits per heavy atom. The minimum absolute atomic E-state index is 0.456. The third-order valence-corrected chi connectivity index (χ3v) is 3.20. The van der Waals surface area contributed by atoms with E-state index in [0.717, 1.165) is 19.5 Å². The van der Waals surface area contributed by atoms with Crippen LogP contribution in [0.3, 0.4) is 0 Å². The highest BCUT2D eigenvalue weighted by Crippen LogP contribution is 2.12. The first kappa shape index (κ1) is 14.2. The number of hydrogen-bond acceptors (Lipinski definition) is 2. The van der Waals surface area contributed by atoms with Gasteiger partial charge in [0.25, 0.3) is 0 Å². The van der Waals surface area contributed by atoms with Crippen LogP contribution in [-0.4, -0.2) is 30.1 Å². The van der Waals surface area contributed by atoms with Gasteiger partial charge in [-0.2, -0.15) is 0 Å². The molecule has 17 heavy (non-hydrogen) atoms. The van der Waals surface area contributed by atoms with Crippen molar-refractivity contribution in [1.82, 2.24) is 4.90 Å². The maximum Gasteiger partial charge on any atom is 0.0261 e. The van der Waals surface area contributed by atoms with Crippen molar-refractivity contribution in [2.75, 3.05) is 13.1 Å². The van der Waals surface area contributed by atoms with E-state index in [-0.39, 0.29) is 0 Å². The first-order chi connectivity index (χ1) is 8.19. The molecule has 1 aromatic rings. The van der Waals surface area contributed by atoms with E-state index in [2.05, 4.69) is 56.0 Å². The van der Waals surface area contributed by atoms with Gasteiger partial charge in [0, 0.05) is 18.6 Å². The monoisotopic (exact) mass is 234 g/mol. The molecule has 1 unspecified atom stereocenters. The van der Waals surface area contributed by atoms with Gasteiger partial charge in [-0.15, -0.1) is 0 Å². The largest absolute Gasteiger partial charge is 0.329 e. The molecule has 96 valence electrons. The van der Waals surface area contributed by atoms with E-state index < -0.39 is 0 Å². The van der Waals surface area contributed by atoms with Gasteiger partial charge in [-0.25, -0.2) is 0 Å². The van der Waals surface area contributed by atoms with Crippen molar-refractivity contribution in [3.63, 3.8) is 0 Å². The Bertz CT molecular complexity index is 295. The summed E-state index contributed by atoms with van der Waals surface area (Å²) in [4.78, 5) is 2.52. The van der Waals surface area contributed by atoms with Crippen LogP contribution in [0.4, 0.5) is 0 Å². The van der Waals surface area contributed by atoms with Crippen LogP contribution in [0.1, 0.15) is 32.8 Å². The Morgan fingerprint density at radius 1 is 1.18 bits per heavy atom. The van der Waals surface area contributed by atoms with Crippen molar-refractivity contribution in [2.24, 2.45) is 5.73 Å². The minimum Gasteiger partial charge on any atom is -0.329 e. The van der Waals surface area contributed by atoms with Gasteiger partial charge in [-0.3, -0.25) is 4.90 Å². The third kappa shape index (κ3) is 4.49. The molecule has 1 atom stereocenters. The molecular weight excluding hydrogens is 208 g/mol. The standard InChI is InChI=1S/C15H26N2/c1-4-10-17(13(2)3)15(12-16)11-14-8-6-5-7-9-14/h5-9,13,15H,4,10-12,16H2,1-3H3. The van der Waals surface area contributed by atoms with E-state index in [1.807, 2.05) is 0 Å². The summed E-state index contributed by atoms with van der Waals surface area (Å²) in [5, 5.41) is 0. The highest BCUT2D eigenvalue weighted by molar-refractivity contribution is 5.16. The Kier molecular flexibility index (Phi) is 6.23. The highest BCUT2D eigenvalue weighted by atomic mass is 15.2. The Labute approximate surface area is 106 Å². The van der Waals surface area contributed by atoms with Crippen LogP contribution >= 0.6 is 0 Å². The fraction of sp³-hybridized carbons (Fsp3) is 0.600. The molecule has 1 rings (SSSR count). The number of rotatable bonds is 7. The maximum atomic E-state index is 5.95. The summed E-state index contributed by atoms with van der Waals surface area (Å²) in [6.07, 6.45) is 2.24. The van der Waals surface area contributed by atoms with Gasteiger partial charge in [0.05, 0.1) is 0 Å². The van der Waals surface area contributed by atoms with E-state index >= 15 is 0 Å². The lowest BCUT2D eigenvalue weighted by Crippen LogP contribution is -2.46. The summed E-state index contributed by atoms with van der Waals surface area (Å²) < 4.78 is 0. The SMILES string of the molecule is CCCN(C(C)C)C(CN)Cc1ccccc1. The molecule has 0 fully saturated rings. The maximum absolute atomic E-state index is 5.95. The molecular formula is C15H26N2. The van der Waals surface area contributed by atoms with Gasteiger partial charge < -0.3 is 5.73 Å². The second-order valence-corrected chi connectivity index (χ2v) is 4.91. The van der Waals surface area contributed by atoms with Crippen LogP contribution in [-0.2, 0) is 6.42 Å². The molecule has 2 N–H and O–H groups in total. The van der Waals surface area contributed by atoms with Crippen molar-refractivity contribution in [3.05, 3.63) is 35.9 Å². The van der Waals surface area contributed by atoms with Crippen LogP contribution in [0.2, 0.25) is 0 Å². The molecule has 2 nitrogen and oxygen atoms in total. The summed E-state index contributed by atoms with van der Waals surface area (Å²) in [6.45, 7) is 8.59. The highest BCUT2D eigenvalue weighted by Gasteiger charge is 2.19. The van der Waals surface area contributed by atoms with Crippen LogP contribution in [0.5, 0.6) is 0 Å². The normalized spacial score (nSPS) is 13.3. The smallest absolute Gasteiger partial charge is 0.0261 e. The summed E-state index contributed by atoms with van der Waals surface area (Å²) in [6, 6.07) is 11.7. The summed E-state index contributed by atoms with van der Waals surface area (Å²) in [5.74, 6) is 0. The Balaban J connectivity index is 2.69. The molecule has 0 aromatic heterocycles. The zero-order chi connectivity index (χ0) is 12.7. The predicted molar refractivity (Wildman–Crippen MR) is 75.1 cm³/mol.